The maximum atomic E-state index is 12.5. The van der Waals surface area contributed by atoms with Gasteiger partial charge < -0.3 is 14.2 Å². The highest BCUT2D eigenvalue weighted by Crippen LogP contribution is 2.45. The third-order valence-corrected chi connectivity index (χ3v) is 5.02. The zero-order chi connectivity index (χ0) is 15.7. The normalized spacial score (nSPS) is 26.5. The van der Waals surface area contributed by atoms with Crippen LogP contribution in [0.15, 0.2) is 18.2 Å². The molecular weight excluding hydrogens is 280 g/mol. The molecular formula is C18H24O4. The van der Waals surface area contributed by atoms with Crippen LogP contribution in [-0.2, 0) is 16.1 Å². The van der Waals surface area contributed by atoms with Crippen LogP contribution in [-0.4, -0.2) is 12.8 Å². The summed E-state index contributed by atoms with van der Waals surface area (Å²) >= 11 is 0. The number of rotatable bonds is 4. The van der Waals surface area contributed by atoms with E-state index in [1.165, 1.54) is 0 Å². The van der Waals surface area contributed by atoms with Crippen molar-refractivity contribution in [1.29, 1.82) is 0 Å². The zero-order valence-corrected chi connectivity index (χ0v) is 13.6. The predicted molar refractivity (Wildman–Crippen MR) is 82.6 cm³/mol. The number of esters is 1. The lowest BCUT2D eigenvalue weighted by Gasteiger charge is -2.23. The predicted octanol–water partition coefficient (Wildman–Crippen LogP) is 3.92. The average Bonchev–Trinajstić information content (AvgIpc) is 3.11. The molecule has 0 amide bonds. The Morgan fingerprint density at radius 1 is 1.36 bits per heavy atom. The van der Waals surface area contributed by atoms with E-state index in [0.717, 1.165) is 36.3 Å². The molecule has 2 atom stereocenters. The molecule has 1 heterocycles. The van der Waals surface area contributed by atoms with Crippen LogP contribution in [0.3, 0.4) is 0 Å². The van der Waals surface area contributed by atoms with Gasteiger partial charge in [-0.05, 0) is 55.7 Å². The summed E-state index contributed by atoms with van der Waals surface area (Å²) in [4.78, 5) is 12.5. The van der Waals surface area contributed by atoms with Gasteiger partial charge in [0.2, 0.25) is 6.79 Å². The molecule has 1 aliphatic carbocycles. The number of hydrogen-bond donors (Lipinski definition) is 0. The molecule has 22 heavy (non-hydrogen) atoms. The third kappa shape index (κ3) is 2.92. The Kier molecular flexibility index (Phi) is 4.02. The highest BCUT2D eigenvalue weighted by atomic mass is 16.7. The smallest absolute Gasteiger partial charge is 0.312 e. The van der Waals surface area contributed by atoms with Crippen LogP contribution in [0.25, 0.3) is 0 Å². The van der Waals surface area contributed by atoms with Crippen LogP contribution < -0.4 is 9.47 Å². The minimum atomic E-state index is -0.328. The van der Waals surface area contributed by atoms with Crippen molar-refractivity contribution in [2.24, 2.45) is 17.3 Å². The summed E-state index contributed by atoms with van der Waals surface area (Å²) in [6.45, 7) is 7.05. The van der Waals surface area contributed by atoms with Crippen molar-refractivity contribution in [3.63, 3.8) is 0 Å². The fourth-order valence-electron chi connectivity index (χ4n) is 3.40. The van der Waals surface area contributed by atoms with Crippen molar-refractivity contribution in [2.45, 2.75) is 46.6 Å². The van der Waals surface area contributed by atoms with Gasteiger partial charge in [0.15, 0.2) is 11.5 Å². The highest BCUT2D eigenvalue weighted by Gasteiger charge is 2.43. The summed E-state index contributed by atoms with van der Waals surface area (Å²) in [6, 6.07) is 5.65. The Labute approximate surface area is 131 Å². The van der Waals surface area contributed by atoms with Crippen molar-refractivity contribution in [3.05, 3.63) is 23.8 Å². The molecule has 0 spiro atoms. The van der Waals surface area contributed by atoms with Gasteiger partial charge in [-0.25, -0.2) is 0 Å². The van der Waals surface area contributed by atoms with Crippen molar-refractivity contribution >= 4 is 5.97 Å². The topological polar surface area (TPSA) is 44.8 Å². The number of hydrogen-bond acceptors (Lipinski definition) is 4. The molecule has 1 saturated carbocycles. The Hall–Kier alpha value is -1.71. The quantitative estimate of drug-likeness (QED) is 0.791. The maximum Gasteiger partial charge on any atom is 0.312 e. The summed E-state index contributed by atoms with van der Waals surface area (Å²) in [6.07, 6.45) is 2.98. The maximum absolute atomic E-state index is 12.5. The first kappa shape index (κ1) is 15.2. The van der Waals surface area contributed by atoms with Crippen LogP contribution >= 0.6 is 0 Å². The van der Waals surface area contributed by atoms with Crippen molar-refractivity contribution in [1.82, 2.24) is 0 Å². The standard InChI is InChI=1S/C18H24O4/c1-12(2)14-6-7-18(3,9-14)17(19)20-10-13-4-5-15-16(8-13)22-11-21-15/h4-5,8,12,14H,6-7,9-11H2,1-3H3/t14-,18-/m0/s1. The SMILES string of the molecule is CC(C)[C@H]1CC[C@](C)(C(=O)OCc2ccc3c(c2)OCO3)C1. The van der Waals surface area contributed by atoms with E-state index in [2.05, 4.69) is 13.8 Å². The summed E-state index contributed by atoms with van der Waals surface area (Å²) in [5.74, 6) is 2.65. The van der Waals surface area contributed by atoms with Crippen molar-refractivity contribution in [3.8, 4) is 11.5 Å². The largest absolute Gasteiger partial charge is 0.460 e. The summed E-state index contributed by atoms with van der Waals surface area (Å²) in [5.41, 5.74) is 0.602. The zero-order valence-electron chi connectivity index (χ0n) is 13.6. The van der Waals surface area contributed by atoms with Crippen molar-refractivity contribution < 1.29 is 19.0 Å². The lowest BCUT2D eigenvalue weighted by molar-refractivity contribution is -0.156. The molecule has 0 aromatic heterocycles. The van der Waals surface area contributed by atoms with Gasteiger partial charge in [-0.15, -0.1) is 0 Å². The average molecular weight is 304 g/mol. The summed E-state index contributed by atoms with van der Waals surface area (Å²) in [7, 11) is 0. The van der Waals surface area contributed by atoms with Gasteiger partial charge in [0.1, 0.15) is 6.61 Å². The van der Waals surface area contributed by atoms with Gasteiger partial charge in [0, 0.05) is 0 Å². The first-order chi connectivity index (χ1) is 10.5. The monoisotopic (exact) mass is 304 g/mol. The summed E-state index contributed by atoms with van der Waals surface area (Å²) in [5, 5.41) is 0. The summed E-state index contributed by atoms with van der Waals surface area (Å²) < 4.78 is 16.2. The number of ether oxygens (including phenoxy) is 3. The molecule has 0 bridgehead atoms. The lowest BCUT2D eigenvalue weighted by Crippen LogP contribution is -2.27. The van der Waals surface area contributed by atoms with E-state index in [9.17, 15) is 4.79 Å². The molecule has 0 radical (unpaired) electrons. The third-order valence-electron chi connectivity index (χ3n) is 5.02. The van der Waals surface area contributed by atoms with E-state index in [-0.39, 0.29) is 24.8 Å². The number of benzene rings is 1. The second kappa shape index (κ2) is 5.82. The van der Waals surface area contributed by atoms with E-state index >= 15 is 0 Å². The Bertz CT molecular complexity index is 566. The van der Waals surface area contributed by atoms with Crippen LogP contribution in [0.5, 0.6) is 11.5 Å². The molecule has 2 aliphatic rings. The van der Waals surface area contributed by atoms with Crippen LogP contribution in [0.4, 0.5) is 0 Å². The lowest BCUT2D eigenvalue weighted by atomic mass is 9.85. The van der Waals surface area contributed by atoms with Gasteiger partial charge >= 0.3 is 5.97 Å². The number of carbonyl (C=O) groups is 1. The molecule has 1 aliphatic heterocycles. The van der Waals surface area contributed by atoms with E-state index in [4.69, 9.17) is 14.2 Å². The number of fused-ring (bicyclic) bond motifs is 1. The molecule has 0 unspecified atom stereocenters. The molecule has 4 nitrogen and oxygen atoms in total. The van der Waals surface area contributed by atoms with E-state index < -0.39 is 0 Å². The van der Waals surface area contributed by atoms with E-state index in [0.29, 0.717) is 11.8 Å². The van der Waals surface area contributed by atoms with Crippen molar-refractivity contribution in [2.75, 3.05) is 6.79 Å². The molecule has 3 rings (SSSR count). The molecule has 120 valence electrons. The van der Waals surface area contributed by atoms with E-state index in [1.807, 2.05) is 25.1 Å². The van der Waals surface area contributed by atoms with Gasteiger partial charge in [-0.1, -0.05) is 19.9 Å². The van der Waals surface area contributed by atoms with E-state index in [1.54, 1.807) is 0 Å². The molecule has 0 saturated heterocycles. The fourth-order valence-corrected chi connectivity index (χ4v) is 3.40. The van der Waals surface area contributed by atoms with Gasteiger partial charge in [-0.2, -0.15) is 0 Å². The Morgan fingerprint density at radius 3 is 2.86 bits per heavy atom. The highest BCUT2D eigenvalue weighted by molar-refractivity contribution is 5.76. The minimum absolute atomic E-state index is 0.0756. The molecule has 1 aromatic carbocycles. The Morgan fingerprint density at radius 2 is 2.14 bits per heavy atom. The van der Waals surface area contributed by atoms with Crippen LogP contribution in [0.1, 0.15) is 45.6 Å². The second-order valence-electron chi connectivity index (χ2n) is 7.07. The molecule has 0 N–H and O–H groups in total. The van der Waals surface area contributed by atoms with Crippen LogP contribution in [0.2, 0.25) is 0 Å². The second-order valence-corrected chi connectivity index (χ2v) is 7.07. The minimum Gasteiger partial charge on any atom is -0.460 e. The van der Waals surface area contributed by atoms with Gasteiger partial charge in [0.25, 0.3) is 0 Å². The molecule has 1 fully saturated rings. The first-order valence-electron chi connectivity index (χ1n) is 8.04. The number of carbonyl (C=O) groups excluding carboxylic acids is 1. The van der Waals surface area contributed by atoms with Gasteiger partial charge in [-0.3, -0.25) is 4.79 Å². The molecule has 4 heteroatoms. The van der Waals surface area contributed by atoms with Crippen LogP contribution in [0, 0.1) is 17.3 Å². The Balaban J connectivity index is 1.58. The van der Waals surface area contributed by atoms with Gasteiger partial charge in [0.05, 0.1) is 5.41 Å². The fraction of sp³-hybridized carbons (Fsp3) is 0.611. The first-order valence-corrected chi connectivity index (χ1v) is 8.04. The molecule has 1 aromatic rings.